The molecule has 0 saturated heterocycles. The average molecular weight is 247 g/mol. The van der Waals surface area contributed by atoms with Crippen molar-refractivity contribution in [2.75, 3.05) is 0 Å². The van der Waals surface area contributed by atoms with Gasteiger partial charge in [0.15, 0.2) is 0 Å². The number of aromatic nitrogens is 3. The zero-order valence-electron chi connectivity index (χ0n) is 9.83. The van der Waals surface area contributed by atoms with Gasteiger partial charge >= 0.3 is 0 Å². The molecule has 3 rings (SSSR count). The zero-order chi connectivity index (χ0) is 12.6. The molecule has 4 nitrogen and oxygen atoms in total. The van der Waals surface area contributed by atoms with E-state index in [2.05, 4.69) is 10.1 Å². The first-order valence-corrected chi connectivity index (χ1v) is 5.93. The standard InChI is InChI=1S/C13H14FN3O/c14-12(6-7-12)13(18,8-17-10-15-9-16-17)11-4-2-1-3-5-11/h1-5,9-10,18H,6-8H2. The second-order valence-electron chi connectivity index (χ2n) is 4.78. The number of halogens is 1. The molecule has 1 N–H and O–H groups in total. The molecule has 0 bridgehead atoms. The molecule has 2 aromatic rings. The summed E-state index contributed by atoms with van der Waals surface area (Å²) in [5, 5.41) is 14.7. The van der Waals surface area contributed by atoms with Gasteiger partial charge in [-0.3, -0.25) is 0 Å². The summed E-state index contributed by atoms with van der Waals surface area (Å²) >= 11 is 0. The summed E-state index contributed by atoms with van der Waals surface area (Å²) in [6, 6.07) is 8.94. The highest BCUT2D eigenvalue weighted by Crippen LogP contribution is 2.54. The van der Waals surface area contributed by atoms with E-state index in [0.717, 1.165) is 0 Å². The van der Waals surface area contributed by atoms with Crippen molar-refractivity contribution in [3.63, 3.8) is 0 Å². The van der Waals surface area contributed by atoms with Crippen LogP contribution >= 0.6 is 0 Å². The van der Waals surface area contributed by atoms with Crippen LogP contribution in [0.15, 0.2) is 43.0 Å². The Balaban J connectivity index is 1.99. The first-order chi connectivity index (χ1) is 8.64. The molecule has 18 heavy (non-hydrogen) atoms. The first kappa shape index (κ1) is 11.3. The van der Waals surface area contributed by atoms with E-state index in [9.17, 15) is 9.50 Å². The minimum atomic E-state index is -1.56. The molecule has 94 valence electrons. The normalized spacial score (nSPS) is 20.3. The minimum Gasteiger partial charge on any atom is -0.380 e. The van der Waals surface area contributed by atoms with Crippen molar-refractivity contribution in [3.8, 4) is 0 Å². The van der Waals surface area contributed by atoms with E-state index in [1.807, 2.05) is 6.07 Å². The highest BCUT2D eigenvalue weighted by molar-refractivity contribution is 5.29. The first-order valence-electron chi connectivity index (χ1n) is 5.93. The molecular formula is C13H14FN3O. The molecule has 1 atom stereocenters. The van der Waals surface area contributed by atoms with Gasteiger partial charge in [0, 0.05) is 0 Å². The minimum absolute atomic E-state index is 0.0769. The van der Waals surface area contributed by atoms with E-state index >= 15 is 0 Å². The molecule has 0 radical (unpaired) electrons. The summed E-state index contributed by atoms with van der Waals surface area (Å²) in [5.41, 5.74) is -2.51. The largest absolute Gasteiger partial charge is 0.380 e. The Labute approximate surface area is 104 Å². The SMILES string of the molecule is OC(Cn1cncn1)(c1ccccc1)C1(F)CC1. The monoisotopic (exact) mass is 247 g/mol. The maximum absolute atomic E-state index is 14.5. The highest BCUT2D eigenvalue weighted by atomic mass is 19.1. The van der Waals surface area contributed by atoms with Crippen LogP contribution in [0.3, 0.4) is 0 Å². The predicted molar refractivity (Wildman–Crippen MR) is 63.4 cm³/mol. The number of benzene rings is 1. The van der Waals surface area contributed by atoms with E-state index in [1.54, 1.807) is 24.3 Å². The second kappa shape index (κ2) is 3.88. The summed E-state index contributed by atoms with van der Waals surface area (Å²) in [7, 11) is 0. The van der Waals surface area contributed by atoms with Crippen LogP contribution in [0.1, 0.15) is 18.4 Å². The number of nitrogens with zero attached hydrogens (tertiary/aromatic N) is 3. The lowest BCUT2D eigenvalue weighted by Gasteiger charge is -2.32. The molecule has 1 fully saturated rings. The summed E-state index contributed by atoms with van der Waals surface area (Å²) in [6.07, 6.45) is 3.63. The maximum atomic E-state index is 14.5. The van der Waals surface area contributed by atoms with Crippen LogP contribution in [-0.4, -0.2) is 25.5 Å². The Morgan fingerprint density at radius 2 is 2.06 bits per heavy atom. The Kier molecular flexibility index (Phi) is 2.45. The van der Waals surface area contributed by atoms with Crippen molar-refractivity contribution in [2.45, 2.75) is 30.7 Å². The molecule has 1 heterocycles. The van der Waals surface area contributed by atoms with E-state index in [1.165, 1.54) is 17.3 Å². The zero-order valence-corrected chi connectivity index (χ0v) is 9.83. The Hall–Kier alpha value is -1.75. The van der Waals surface area contributed by atoms with Gasteiger partial charge in [0.05, 0.1) is 6.54 Å². The molecule has 1 unspecified atom stereocenters. The third kappa shape index (κ3) is 1.71. The molecule has 5 heteroatoms. The van der Waals surface area contributed by atoms with Gasteiger partial charge in [-0.2, -0.15) is 5.10 Å². The van der Waals surface area contributed by atoms with Crippen LogP contribution in [0, 0.1) is 0 Å². The van der Waals surface area contributed by atoms with Gasteiger partial charge in [-0.1, -0.05) is 30.3 Å². The van der Waals surface area contributed by atoms with E-state index in [4.69, 9.17) is 0 Å². The Morgan fingerprint density at radius 1 is 1.33 bits per heavy atom. The molecular weight excluding hydrogens is 233 g/mol. The van der Waals surface area contributed by atoms with Gasteiger partial charge in [0.1, 0.15) is 23.9 Å². The van der Waals surface area contributed by atoms with Crippen LogP contribution in [0.4, 0.5) is 4.39 Å². The topological polar surface area (TPSA) is 50.9 Å². The van der Waals surface area contributed by atoms with Crippen LogP contribution in [0.25, 0.3) is 0 Å². The van der Waals surface area contributed by atoms with Crippen molar-refractivity contribution >= 4 is 0 Å². The lowest BCUT2D eigenvalue weighted by molar-refractivity contribution is -0.0719. The van der Waals surface area contributed by atoms with Crippen molar-refractivity contribution in [2.24, 2.45) is 0 Å². The lowest BCUT2D eigenvalue weighted by atomic mass is 9.87. The van der Waals surface area contributed by atoms with Gasteiger partial charge in [-0.15, -0.1) is 0 Å². The van der Waals surface area contributed by atoms with Gasteiger partial charge in [-0.05, 0) is 18.4 Å². The van der Waals surface area contributed by atoms with E-state index < -0.39 is 11.3 Å². The molecule has 1 aliphatic rings. The van der Waals surface area contributed by atoms with Gasteiger partial charge in [0.2, 0.25) is 0 Å². The molecule has 1 aliphatic carbocycles. The summed E-state index contributed by atoms with van der Waals surface area (Å²) in [5.74, 6) is 0. The summed E-state index contributed by atoms with van der Waals surface area (Å²) < 4.78 is 16.0. The number of alkyl halides is 1. The maximum Gasteiger partial charge on any atom is 0.145 e. The van der Waals surface area contributed by atoms with Crippen LogP contribution in [0.5, 0.6) is 0 Å². The highest BCUT2D eigenvalue weighted by Gasteiger charge is 2.61. The van der Waals surface area contributed by atoms with E-state index in [0.29, 0.717) is 18.4 Å². The third-order valence-electron chi connectivity index (χ3n) is 3.54. The molecule has 0 aliphatic heterocycles. The van der Waals surface area contributed by atoms with E-state index in [-0.39, 0.29) is 6.54 Å². The van der Waals surface area contributed by atoms with Gasteiger partial charge in [-0.25, -0.2) is 14.1 Å². The fourth-order valence-corrected chi connectivity index (χ4v) is 2.28. The number of rotatable bonds is 4. The number of aliphatic hydroxyl groups is 1. The van der Waals surface area contributed by atoms with Crippen LogP contribution in [-0.2, 0) is 12.1 Å². The van der Waals surface area contributed by atoms with Crippen molar-refractivity contribution in [3.05, 3.63) is 48.5 Å². The van der Waals surface area contributed by atoms with Crippen LogP contribution in [0.2, 0.25) is 0 Å². The van der Waals surface area contributed by atoms with Crippen molar-refractivity contribution in [1.29, 1.82) is 0 Å². The van der Waals surface area contributed by atoms with Crippen LogP contribution < -0.4 is 0 Å². The molecule has 1 saturated carbocycles. The fraction of sp³-hybridized carbons (Fsp3) is 0.385. The summed E-state index contributed by atoms with van der Waals surface area (Å²) in [4.78, 5) is 3.82. The molecule has 0 amide bonds. The quantitative estimate of drug-likeness (QED) is 0.894. The lowest BCUT2D eigenvalue weighted by Crippen LogP contribution is -2.42. The average Bonchev–Trinajstić information content (AvgIpc) is 2.95. The van der Waals surface area contributed by atoms with Gasteiger partial charge < -0.3 is 5.11 Å². The van der Waals surface area contributed by atoms with Crippen molar-refractivity contribution in [1.82, 2.24) is 14.8 Å². The van der Waals surface area contributed by atoms with Gasteiger partial charge in [0.25, 0.3) is 0 Å². The molecule has 1 aromatic heterocycles. The Bertz CT molecular complexity index is 524. The Morgan fingerprint density at radius 3 is 2.61 bits per heavy atom. The number of hydrogen-bond acceptors (Lipinski definition) is 3. The predicted octanol–water partition coefficient (Wildman–Crippen LogP) is 1.67. The molecule has 1 aromatic carbocycles. The third-order valence-corrected chi connectivity index (χ3v) is 3.54. The second-order valence-corrected chi connectivity index (χ2v) is 4.78. The summed E-state index contributed by atoms with van der Waals surface area (Å²) in [6.45, 7) is 0.0769. The molecule has 0 spiro atoms. The van der Waals surface area contributed by atoms with Crippen molar-refractivity contribution < 1.29 is 9.50 Å². The fourth-order valence-electron chi connectivity index (χ4n) is 2.28. The number of hydrogen-bond donors (Lipinski definition) is 1. The smallest absolute Gasteiger partial charge is 0.145 e.